The van der Waals surface area contributed by atoms with Gasteiger partial charge in [0.2, 0.25) is 17.8 Å². The molecular weight excluding hydrogens is 386 g/mol. The number of aromatic amines is 1. The number of H-pyrrole nitrogens is 1. The summed E-state index contributed by atoms with van der Waals surface area (Å²) in [6.45, 7) is 1.75. The molecule has 10 nitrogen and oxygen atoms in total. The third-order valence-corrected chi connectivity index (χ3v) is 5.97. The van der Waals surface area contributed by atoms with Crippen LogP contribution in [0.4, 0.5) is 5.95 Å². The predicted molar refractivity (Wildman–Crippen MR) is 106 cm³/mol. The highest BCUT2D eigenvalue weighted by molar-refractivity contribution is 6.06. The molecule has 4 heterocycles. The minimum absolute atomic E-state index is 0.178. The molecular formula is C20H23N7O3. The number of hydrogen-bond donors (Lipinski definition) is 4. The minimum Gasteiger partial charge on any atom is -0.349 e. The number of anilines is 1. The molecule has 30 heavy (non-hydrogen) atoms. The molecule has 3 amide bonds. The van der Waals surface area contributed by atoms with Crippen LogP contribution in [0.3, 0.4) is 0 Å². The average Bonchev–Trinajstić information content (AvgIpc) is 3.47. The van der Waals surface area contributed by atoms with E-state index in [1.54, 1.807) is 4.90 Å². The normalized spacial score (nSPS) is 23.6. The first kappa shape index (κ1) is 18.7. The van der Waals surface area contributed by atoms with Crippen LogP contribution in [-0.4, -0.2) is 50.4 Å². The second-order valence-electron chi connectivity index (χ2n) is 7.90. The maximum atomic E-state index is 13.1. The summed E-state index contributed by atoms with van der Waals surface area (Å²) in [7, 11) is 0. The summed E-state index contributed by atoms with van der Waals surface area (Å²) >= 11 is 0. The lowest BCUT2D eigenvalue weighted by Gasteiger charge is -2.29. The number of hydrogen-bond acceptors (Lipinski definition) is 7. The van der Waals surface area contributed by atoms with Gasteiger partial charge < -0.3 is 15.5 Å². The maximum Gasteiger partial charge on any atom is 0.255 e. The number of carbonyl (C=O) groups is 3. The molecule has 0 bridgehead atoms. The zero-order valence-corrected chi connectivity index (χ0v) is 16.4. The number of rotatable bonds is 5. The van der Waals surface area contributed by atoms with Crippen LogP contribution in [0.5, 0.6) is 0 Å². The molecule has 3 aliphatic rings. The monoisotopic (exact) mass is 409 g/mol. The number of fused-ring (bicyclic) bond motifs is 1. The van der Waals surface area contributed by atoms with E-state index in [1.165, 1.54) is 0 Å². The van der Waals surface area contributed by atoms with Crippen molar-refractivity contribution in [3.63, 3.8) is 0 Å². The molecule has 0 aliphatic carbocycles. The lowest BCUT2D eigenvalue weighted by Crippen LogP contribution is -2.52. The average molecular weight is 409 g/mol. The molecule has 2 unspecified atom stereocenters. The van der Waals surface area contributed by atoms with Crippen molar-refractivity contribution < 1.29 is 14.4 Å². The van der Waals surface area contributed by atoms with Gasteiger partial charge >= 0.3 is 0 Å². The smallest absolute Gasteiger partial charge is 0.255 e. The van der Waals surface area contributed by atoms with Gasteiger partial charge in [-0.3, -0.25) is 24.8 Å². The zero-order chi connectivity index (χ0) is 20.7. The first-order valence-electron chi connectivity index (χ1n) is 10.2. The van der Waals surface area contributed by atoms with Gasteiger partial charge in [0.15, 0.2) is 0 Å². The molecule has 2 aromatic rings. The van der Waals surface area contributed by atoms with E-state index < -0.39 is 11.9 Å². The Bertz CT molecular complexity index is 1010. The SMILES string of the molecule is O=C1CCC(N2Cc3cccc(CNc4n[nH]c(C5CCCN5)n4)c3C2=O)C(=O)N1. The van der Waals surface area contributed by atoms with Crippen molar-refractivity contribution in [3.8, 4) is 0 Å². The molecule has 0 saturated carbocycles. The van der Waals surface area contributed by atoms with Gasteiger partial charge in [-0.05, 0) is 36.9 Å². The Morgan fingerprint density at radius 1 is 1.20 bits per heavy atom. The van der Waals surface area contributed by atoms with Gasteiger partial charge in [-0.15, -0.1) is 5.10 Å². The van der Waals surface area contributed by atoms with E-state index in [2.05, 4.69) is 31.1 Å². The molecule has 2 atom stereocenters. The number of amides is 3. The summed E-state index contributed by atoms with van der Waals surface area (Å²) < 4.78 is 0. The summed E-state index contributed by atoms with van der Waals surface area (Å²) in [4.78, 5) is 42.9. The standard InChI is InChI=1S/C20H23N7O3/c28-15-7-6-14(18(29)23-15)27-10-12-4-1-3-11(16(12)19(27)30)9-22-20-24-17(25-26-20)13-5-2-8-21-13/h1,3-4,13-14,21H,2,5-10H2,(H,23,28,29)(H2,22,24,25,26). The van der Waals surface area contributed by atoms with Crippen molar-refractivity contribution in [2.24, 2.45) is 0 Å². The second-order valence-corrected chi connectivity index (χ2v) is 7.90. The van der Waals surface area contributed by atoms with Crippen molar-refractivity contribution in [1.82, 2.24) is 30.7 Å². The van der Waals surface area contributed by atoms with Crippen LogP contribution in [0.1, 0.15) is 59.0 Å². The summed E-state index contributed by atoms with van der Waals surface area (Å²) in [5.74, 6) is 0.435. The van der Waals surface area contributed by atoms with Crippen LogP contribution in [0, 0.1) is 0 Å². The Morgan fingerprint density at radius 2 is 2.10 bits per heavy atom. The summed E-state index contributed by atoms with van der Waals surface area (Å²) in [5.41, 5.74) is 2.33. The van der Waals surface area contributed by atoms with Crippen molar-refractivity contribution in [3.05, 3.63) is 40.7 Å². The number of piperidine rings is 1. The van der Waals surface area contributed by atoms with E-state index in [1.807, 2.05) is 18.2 Å². The number of carbonyl (C=O) groups excluding carboxylic acids is 3. The Labute approximate surface area is 172 Å². The van der Waals surface area contributed by atoms with Gasteiger partial charge in [-0.2, -0.15) is 4.98 Å². The molecule has 156 valence electrons. The first-order valence-corrected chi connectivity index (χ1v) is 10.2. The molecule has 2 fully saturated rings. The Balaban J connectivity index is 1.30. The summed E-state index contributed by atoms with van der Waals surface area (Å²) in [6.07, 6.45) is 2.75. The second kappa shape index (κ2) is 7.52. The van der Waals surface area contributed by atoms with Gasteiger partial charge in [-0.25, -0.2) is 0 Å². The fourth-order valence-corrected chi connectivity index (χ4v) is 4.44. The van der Waals surface area contributed by atoms with Crippen molar-refractivity contribution >= 4 is 23.7 Å². The molecule has 3 aliphatic heterocycles. The van der Waals surface area contributed by atoms with E-state index in [-0.39, 0.29) is 24.3 Å². The molecule has 0 radical (unpaired) electrons. The predicted octanol–water partition coefficient (Wildman–Crippen LogP) is 0.602. The topological polar surface area (TPSA) is 132 Å². The Kier molecular flexibility index (Phi) is 4.70. The van der Waals surface area contributed by atoms with Crippen LogP contribution in [0.2, 0.25) is 0 Å². The summed E-state index contributed by atoms with van der Waals surface area (Å²) in [6, 6.07) is 5.29. The Hall–Kier alpha value is -3.27. The molecule has 2 saturated heterocycles. The van der Waals surface area contributed by atoms with Crippen LogP contribution < -0.4 is 16.0 Å². The van der Waals surface area contributed by atoms with Gasteiger partial charge in [0.1, 0.15) is 11.9 Å². The molecule has 0 spiro atoms. The first-order chi connectivity index (χ1) is 14.6. The number of imide groups is 1. The van der Waals surface area contributed by atoms with E-state index in [0.29, 0.717) is 31.0 Å². The van der Waals surface area contributed by atoms with E-state index >= 15 is 0 Å². The maximum absolute atomic E-state index is 13.1. The number of aromatic nitrogens is 3. The van der Waals surface area contributed by atoms with E-state index in [4.69, 9.17) is 0 Å². The highest BCUT2D eigenvalue weighted by Gasteiger charge is 2.39. The number of benzene rings is 1. The molecule has 1 aromatic heterocycles. The molecule has 4 N–H and O–H groups in total. The van der Waals surface area contributed by atoms with Crippen LogP contribution in [0.15, 0.2) is 18.2 Å². The molecule has 5 rings (SSSR count). The van der Waals surface area contributed by atoms with Gasteiger partial charge in [0, 0.05) is 25.1 Å². The highest BCUT2D eigenvalue weighted by atomic mass is 16.2. The number of nitrogens with zero attached hydrogens (tertiary/aromatic N) is 3. The fourth-order valence-electron chi connectivity index (χ4n) is 4.44. The molecule has 1 aromatic carbocycles. The van der Waals surface area contributed by atoms with Crippen LogP contribution >= 0.6 is 0 Å². The van der Waals surface area contributed by atoms with Gasteiger partial charge in [0.25, 0.3) is 5.91 Å². The highest BCUT2D eigenvalue weighted by Crippen LogP contribution is 2.30. The van der Waals surface area contributed by atoms with E-state index in [0.717, 1.165) is 36.3 Å². The largest absolute Gasteiger partial charge is 0.349 e. The Morgan fingerprint density at radius 3 is 2.90 bits per heavy atom. The fraction of sp³-hybridized carbons (Fsp3) is 0.450. The van der Waals surface area contributed by atoms with Crippen molar-refractivity contribution in [2.45, 2.75) is 50.9 Å². The third kappa shape index (κ3) is 3.32. The van der Waals surface area contributed by atoms with Crippen molar-refractivity contribution in [1.29, 1.82) is 0 Å². The lowest BCUT2D eigenvalue weighted by molar-refractivity contribution is -0.136. The molecule has 10 heteroatoms. The van der Waals surface area contributed by atoms with E-state index in [9.17, 15) is 14.4 Å². The lowest BCUT2D eigenvalue weighted by atomic mass is 10.0. The van der Waals surface area contributed by atoms with Crippen LogP contribution in [-0.2, 0) is 22.7 Å². The van der Waals surface area contributed by atoms with Crippen LogP contribution in [0.25, 0.3) is 0 Å². The number of nitrogens with one attached hydrogen (secondary N) is 4. The summed E-state index contributed by atoms with van der Waals surface area (Å²) in [5, 5.41) is 16.1. The quantitative estimate of drug-likeness (QED) is 0.532. The third-order valence-electron chi connectivity index (χ3n) is 5.97. The zero-order valence-electron chi connectivity index (χ0n) is 16.4. The van der Waals surface area contributed by atoms with Gasteiger partial charge in [-0.1, -0.05) is 18.2 Å². The van der Waals surface area contributed by atoms with Gasteiger partial charge in [0.05, 0.1) is 6.04 Å². The minimum atomic E-state index is -0.613. The van der Waals surface area contributed by atoms with Crippen molar-refractivity contribution in [2.75, 3.05) is 11.9 Å².